The van der Waals surface area contributed by atoms with E-state index in [1.54, 1.807) is 6.33 Å². The minimum absolute atomic E-state index is 0.952. The fourth-order valence-electron chi connectivity index (χ4n) is 1.68. The van der Waals surface area contributed by atoms with Crippen molar-refractivity contribution in [3.63, 3.8) is 0 Å². The molecule has 1 N–H and O–H groups in total. The van der Waals surface area contributed by atoms with Gasteiger partial charge in [-0.2, -0.15) is 0 Å². The maximum atomic E-state index is 4.22. The fourth-order valence-corrected chi connectivity index (χ4v) is 1.68. The van der Waals surface area contributed by atoms with Crippen LogP contribution in [0.5, 0.6) is 0 Å². The van der Waals surface area contributed by atoms with Crippen molar-refractivity contribution in [2.75, 3.05) is 0 Å². The van der Waals surface area contributed by atoms with Crippen LogP contribution in [-0.2, 0) is 6.42 Å². The Hall–Kier alpha value is -1.83. The summed E-state index contributed by atoms with van der Waals surface area (Å²) in [6, 6.07) is 8.57. The predicted molar refractivity (Wildman–Crippen MR) is 67.2 cm³/mol. The van der Waals surface area contributed by atoms with Gasteiger partial charge in [0.25, 0.3) is 0 Å². The van der Waals surface area contributed by atoms with Gasteiger partial charge in [-0.15, -0.1) is 0 Å². The molecule has 0 unspecified atom stereocenters. The van der Waals surface area contributed by atoms with Crippen molar-refractivity contribution >= 4 is 6.08 Å². The molecule has 2 aromatic rings. The molecule has 0 saturated heterocycles. The lowest BCUT2D eigenvalue weighted by molar-refractivity contribution is 1.24. The molecule has 0 aliphatic rings. The first-order chi connectivity index (χ1) is 7.75. The molecule has 1 aromatic carbocycles. The second-order valence-corrected chi connectivity index (χ2v) is 4.01. The van der Waals surface area contributed by atoms with Gasteiger partial charge in [-0.3, -0.25) is 0 Å². The van der Waals surface area contributed by atoms with Crippen LogP contribution >= 0.6 is 0 Å². The number of imidazole rings is 1. The quantitative estimate of drug-likeness (QED) is 0.831. The first-order valence-corrected chi connectivity index (χ1v) is 5.48. The molecule has 2 rings (SSSR count). The summed E-state index contributed by atoms with van der Waals surface area (Å²) in [7, 11) is 0. The molecular formula is C14H16N2. The van der Waals surface area contributed by atoms with Crippen molar-refractivity contribution in [2.24, 2.45) is 0 Å². The van der Waals surface area contributed by atoms with Gasteiger partial charge in [0.15, 0.2) is 0 Å². The van der Waals surface area contributed by atoms with Crippen molar-refractivity contribution in [1.29, 1.82) is 0 Å². The van der Waals surface area contributed by atoms with E-state index in [2.05, 4.69) is 53.3 Å². The third-order valence-electron chi connectivity index (χ3n) is 2.58. The molecule has 1 aromatic heterocycles. The van der Waals surface area contributed by atoms with Gasteiger partial charge in [0.2, 0.25) is 0 Å². The highest BCUT2D eigenvalue weighted by molar-refractivity contribution is 5.47. The Labute approximate surface area is 96.1 Å². The fraction of sp³-hybridized carbons (Fsp3) is 0.214. The third kappa shape index (κ3) is 2.60. The number of aromatic amines is 1. The van der Waals surface area contributed by atoms with Crippen molar-refractivity contribution in [2.45, 2.75) is 20.3 Å². The van der Waals surface area contributed by atoms with E-state index < -0.39 is 0 Å². The van der Waals surface area contributed by atoms with Crippen molar-refractivity contribution in [3.05, 3.63) is 59.2 Å². The maximum absolute atomic E-state index is 4.22. The second-order valence-electron chi connectivity index (χ2n) is 4.01. The molecule has 2 heteroatoms. The monoisotopic (exact) mass is 212 g/mol. The van der Waals surface area contributed by atoms with Gasteiger partial charge >= 0.3 is 0 Å². The van der Waals surface area contributed by atoms with Gasteiger partial charge in [-0.25, -0.2) is 4.98 Å². The molecular weight excluding hydrogens is 196 g/mol. The van der Waals surface area contributed by atoms with Crippen LogP contribution in [0.15, 0.2) is 36.7 Å². The van der Waals surface area contributed by atoms with E-state index >= 15 is 0 Å². The Morgan fingerprint density at radius 3 is 2.88 bits per heavy atom. The molecule has 0 saturated carbocycles. The number of rotatable bonds is 3. The average molecular weight is 212 g/mol. The van der Waals surface area contributed by atoms with Crippen LogP contribution in [0.2, 0.25) is 0 Å². The summed E-state index contributed by atoms with van der Waals surface area (Å²) in [5.41, 5.74) is 4.78. The van der Waals surface area contributed by atoms with Crippen LogP contribution in [-0.4, -0.2) is 9.97 Å². The molecule has 0 bridgehead atoms. The standard InChI is InChI=1S/C14H16N2/c1-11-5-3-6-13(9-11)7-4-8-14-12(2)15-10-16-14/h3-6,8-10H,7H2,1-2H3,(H,15,16). The number of H-pyrrole nitrogens is 1. The van der Waals surface area contributed by atoms with Crippen LogP contribution in [0, 0.1) is 13.8 Å². The van der Waals surface area contributed by atoms with E-state index in [9.17, 15) is 0 Å². The highest BCUT2D eigenvalue weighted by atomic mass is 14.9. The summed E-state index contributed by atoms with van der Waals surface area (Å²) < 4.78 is 0. The van der Waals surface area contributed by atoms with Gasteiger partial charge < -0.3 is 4.98 Å². The molecule has 0 fully saturated rings. The van der Waals surface area contributed by atoms with E-state index in [-0.39, 0.29) is 0 Å². The zero-order valence-corrected chi connectivity index (χ0v) is 9.70. The number of hydrogen-bond donors (Lipinski definition) is 1. The summed E-state index contributed by atoms with van der Waals surface area (Å²) in [6.45, 7) is 4.14. The van der Waals surface area contributed by atoms with Crippen LogP contribution in [0.4, 0.5) is 0 Å². The number of aryl methyl sites for hydroxylation is 2. The SMILES string of the molecule is Cc1cccc(CC=Cc2nc[nH]c2C)c1. The van der Waals surface area contributed by atoms with Crippen LogP contribution < -0.4 is 0 Å². The van der Waals surface area contributed by atoms with E-state index in [0.717, 1.165) is 17.8 Å². The lowest BCUT2D eigenvalue weighted by atomic mass is 10.1. The summed E-state index contributed by atoms with van der Waals surface area (Å²) in [5, 5.41) is 0. The van der Waals surface area contributed by atoms with Gasteiger partial charge in [-0.1, -0.05) is 35.9 Å². The Morgan fingerprint density at radius 1 is 1.31 bits per heavy atom. The van der Waals surface area contributed by atoms with Gasteiger partial charge in [0.05, 0.1) is 12.0 Å². The number of aromatic nitrogens is 2. The zero-order valence-electron chi connectivity index (χ0n) is 9.70. The van der Waals surface area contributed by atoms with E-state index in [4.69, 9.17) is 0 Å². The first kappa shape index (κ1) is 10.7. The third-order valence-corrected chi connectivity index (χ3v) is 2.58. The summed E-state index contributed by atoms with van der Waals surface area (Å²) >= 11 is 0. The highest BCUT2D eigenvalue weighted by Gasteiger charge is 1.94. The van der Waals surface area contributed by atoms with E-state index in [1.165, 1.54) is 11.1 Å². The lowest BCUT2D eigenvalue weighted by Gasteiger charge is -1.97. The van der Waals surface area contributed by atoms with E-state index in [1.807, 2.05) is 6.92 Å². The average Bonchev–Trinajstić information content (AvgIpc) is 2.65. The largest absolute Gasteiger partial charge is 0.348 e. The Bertz CT molecular complexity index is 495. The topological polar surface area (TPSA) is 28.7 Å². The normalized spacial score (nSPS) is 11.1. The van der Waals surface area contributed by atoms with Crippen molar-refractivity contribution in [3.8, 4) is 0 Å². The molecule has 1 heterocycles. The number of benzene rings is 1. The summed E-state index contributed by atoms with van der Waals surface area (Å²) in [4.78, 5) is 7.29. The summed E-state index contributed by atoms with van der Waals surface area (Å²) in [5.74, 6) is 0. The number of nitrogens with one attached hydrogen (secondary N) is 1. The molecule has 0 atom stereocenters. The molecule has 0 radical (unpaired) electrons. The van der Waals surface area contributed by atoms with Crippen LogP contribution in [0.1, 0.15) is 22.5 Å². The van der Waals surface area contributed by atoms with E-state index in [0.29, 0.717) is 0 Å². The van der Waals surface area contributed by atoms with Gasteiger partial charge in [0, 0.05) is 5.69 Å². The minimum atomic E-state index is 0.952. The summed E-state index contributed by atoms with van der Waals surface area (Å²) in [6.07, 6.45) is 6.89. The van der Waals surface area contributed by atoms with Crippen LogP contribution in [0.25, 0.3) is 6.08 Å². The van der Waals surface area contributed by atoms with Gasteiger partial charge in [0.1, 0.15) is 0 Å². The first-order valence-electron chi connectivity index (χ1n) is 5.48. The highest BCUT2D eigenvalue weighted by Crippen LogP contribution is 2.07. The molecule has 0 aliphatic carbocycles. The molecule has 0 amide bonds. The Morgan fingerprint density at radius 2 is 2.19 bits per heavy atom. The van der Waals surface area contributed by atoms with Crippen molar-refractivity contribution in [1.82, 2.24) is 9.97 Å². The van der Waals surface area contributed by atoms with Gasteiger partial charge in [-0.05, 0) is 31.9 Å². The van der Waals surface area contributed by atoms with Crippen LogP contribution in [0.3, 0.4) is 0 Å². The minimum Gasteiger partial charge on any atom is -0.348 e. The van der Waals surface area contributed by atoms with Crippen molar-refractivity contribution < 1.29 is 0 Å². The Balaban J connectivity index is 2.02. The molecule has 82 valence electrons. The second kappa shape index (κ2) is 4.79. The lowest BCUT2D eigenvalue weighted by Crippen LogP contribution is -1.82. The number of allylic oxidation sites excluding steroid dienone is 1. The molecule has 0 spiro atoms. The Kier molecular flexibility index (Phi) is 3.20. The zero-order chi connectivity index (χ0) is 11.4. The smallest absolute Gasteiger partial charge is 0.0929 e. The maximum Gasteiger partial charge on any atom is 0.0929 e. The molecule has 2 nitrogen and oxygen atoms in total. The number of hydrogen-bond acceptors (Lipinski definition) is 1. The molecule has 0 aliphatic heterocycles. The number of nitrogens with zero attached hydrogens (tertiary/aromatic N) is 1. The molecule has 16 heavy (non-hydrogen) atoms. The predicted octanol–water partition coefficient (Wildman–Crippen LogP) is 3.28.